The average molecular weight is 359 g/mol. The van der Waals surface area contributed by atoms with Gasteiger partial charge in [0.1, 0.15) is 5.60 Å². The smallest absolute Gasteiger partial charge is 0.185 e. The third-order valence-electron chi connectivity index (χ3n) is 4.18. The fourth-order valence-electron chi connectivity index (χ4n) is 3.14. The van der Waals surface area contributed by atoms with Gasteiger partial charge in [-0.2, -0.15) is 0 Å². The lowest BCUT2D eigenvalue weighted by molar-refractivity contribution is 0.156. The Kier molecular flexibility index (Phi) is 5.55. The van der Waals surface area contributed by atoms with Gasteiger partial charge in [0.25, 0.3) is 0 Å². The van der Waals surface area contributed by atoms with E-state index in [9.17, 15) is 0 Å². The maximum atomic E-state index is 6.87. The average Bonchev–Trinajstić information content (AvgIpc) is 2.66. The SMILES string of the molecule is C[Si](C)(C)OC(/C=C\c1ccccc1)(c1ccccc1)c1ccccc1. The molecule has 132 valence electrons. The summed E-state index contributed by atoms with van der Waals surface area (Å²) in [6.07, 6.45) is 4.38. The van der Waals surface area contributed by atoms with Gasteiger partial charge in [-0.05, 0) is 42.4 Å². The van der Waals surface area contributed by atoms with Crippen molar-refractivity contribution >= 4 is 14.4 Å². The quantitative estimate of drug-likeness (QED) is 0.457. The van der Waals surface area contributed by atoms with Crippen molar-refractivity contribution in [2.75, 3.05) is 0 Å². The standard InChI is InChI=1S/C24H26OSi/c1-26(2,3)25-24(22-15-9-5-10-16-22,23-17-11-6-12-18-23)20-19-21-13-7-4-8-14-21/h4-20H,1-3H3/b20-19-. The Morgan fingerprint density at radius 3 is 1.50 bits per heavy atom. The van der Waals surface area contributed by atoms with Gasteiger partial charge in [-0.15, -0.1) is 0 Å². The number of hydrogen-bond acceptors (Lipinski definition) is 1. The molecular formula is C24H26OSi. The van der Waals surface area contributed by atoms with Crippen LogP contribution in [-0.4, -0.2) is 8.32 Å². The first kappa shape index (κ1) is 18.4. The van der Waals surface area contributed by atoms with Crippen molar-refractivity contribution in [2.45, 2.75) is 25.2 Å². The van der Waals surface area contributed by atoms with Gasteiger partial charge in [0.15, 0.2) is 8.32 Å². The predicted octanol–water partition coefficient (Wildman–Crippen LogP) is 6.50. The zero-order chi connectivity index (χ0) is 18.5. The molecule has 3 rings (SSSR count). The molecule has 0 bridgehead atoms. The Morgan fingerprint density at radius 2 is 1.08 bits per heavy atom. The van der Waals surface area contributed by atoms with Crippen LogP contribution >= 0.6 is 0 Å². The molecule has 2 heteroatoms. The molecule has 0 heterocycles. The molecule has 3 aromatic rings. The van der Waals surface area contributed by atoms with E-state index in [0.29, 0.717) is 0 Å². The van der Waals surface area contributed by atoms with Crippen LogP contribution in [0.15, 0.2) is 97.1 Å². The van der Waals surface area contributed by atoms with Crippen LogP contribution in [-0.2, 0) is 10.0 Å². The summed E-state index contributed by atoms with van der Waals surface area (Å²) in [7, 11) is -1.85. The van der Waals surface area contributed by atoms with Crippen LogP contribution in [0.1, 0.15) is 16.7 Å². The highest BCUT2D eigenvalue weighted by Crippen LogP contribution is 2.38. The normalized spacial score (nSPS) is 12.4. The summed E-state index contributed by atoms with van der Waals surface area (Å²) in [4.78, 5) is 0. The molecule has 0 aromatic heterocycles. The summed E-state index contributed by atoms with van der Waals surface area (Å²) in [6.45, 7) is 6.72. The van der Waals surface area contributed by atoms with Crippen molar-refractivity contribution in [3.63, 3.8) is 0 Å². The van der Waals surface area contributed by atoms with E-state index < -0.39 is 13.9 Å². The second kappa shape index (κ2) is 7.86. The van der Waals surface area contributed by atoms with Crippen LogP contribution in [0, 0.1) is 0 Å². The lowest BCUT2D eigenvalue weighted by Crippen LogP contribution is -2.40. The van der Waals surface area contributed by atoms with E-state index in [1.54, 1.807) is 0 Å². The molecule has 0 amide bonds. The van der Waals surface area contributed by atoms with E-state index in [1.807, 2.05) is 6.07 Å². The van der Waals surface area contributed by atoms with Crippen LogP contribution in [0.25, 0.3) is 6.08 Å². The fraction of sp³-hybridized carbons (Fsp3) is 0.167. The third kappa shape index (κ3) is 4.40. The first-order valence-electron chi connectivity index (χ1n) is 9.05. The first-order valence-corrected chi connectivity index (χ1v) is 12.5. The van der Waals surface area contributed by atoms with Crippen molar-refractivity contribution in [1.29, 1.82) is 0 Å². The Morgan fingerprint density at radius 1 is 0.654 bits per heavy atom. The maximum Gasteiger partial charge on any atom is 0.185 e. The topological polar surface area (TPSA) is 9.23 Å². The van der Waals surface area contributed by atoms with Gasteiger partial charge >= 0.3 is 0 Å². The summed E-state index contributed by atoms with van der Waals surface area (Å²) in [5, 5.41) is 0. The van der Waals surface area contributed by atoms with E-state index in [1.165, 1.54) is 5.56 Å². The predicted molar refractivity (Wildman–Crippen MR) is 114 cm³/mol. The lowest BCUT2D eigenvalue weighted by atomic mass is 9.85. The fourth-order valence-corrected chi connectivity index (χ4v) is 4.41. The maximum absolute atomic E-state index is 6.87. The molecule has 0 aliphatic carbocycles. The molecule has 1 nitrogen and oxygen atoms in total. The molecule has 3 aromatic carbocycles. The van der Waals surface area contributed by atoms with E-state index in [4.69, 9.17) is 4.43 Å². The minimum absolute atomic E-state index is 0.594. The molecule has 0 radical (unpaired) electrons. The van der Waals surface area contributed by atoms with Crippen molar-refractivity contribution in [3.8, 4) is 0 Å². The van der Waals surface area contributed by atoms with Gasteiger partial charge in [0, 0.05) is 0 Å². The molecule has 0 aliphatic rings. The zero-order valence-electron chi connectivity index (χ0n) is 15.7. The highest BCUT2D eigenvalue weighted by atomic mass is 28.4. The lowest BCUT2D eigenvalue weighted by Gasteiger charge is -2.38. The number of benzene rings is 3. The van der Waals surface area contributed by atoms with Gasteiger partial charge < -0.3 is 4.43 Å². The Hall–Kier alpha value is -2.42. The van der Waals surface area contributed by atoms with Crippen molar-refractivity contribution < 1.29 is 4.43 Å². The zero-order valence-corrected chi connectivity index (χ0v) is 16.7. The summed E-state index contributed by atoms with van der Waals surface area (Å²) in [5.41, 5.74) is 2.88. The highest BCUT2D eigenvalue weighted by molar-refractivity contribution is 6.69. The molecule has 0 atom stereocenters. The molecule has 0 spiro atoms. The van der Waals surface area contributed by atoms with E-state index in [-0.39, 0.29) is 0 Å². The van der Waals surface area contributed by atoms with Crippen molar-refractivity contribution in [1.82, 2.24) is 0 Å². The molecule has 0 saturated heterocycles. The number of hydrogen-bond donors (Lipinski definition) is 0. The molecule has 0 fully saturated rings. The van der Waals surface area contributed by atoms with Gasteiger partial charge in [-0.25, -0.2) is 0 Å². The van der Waals surface area contributed by atoms with Crippen molar-refractivity contribution in [2.24, 2.45) is 0 Å². The minimum atomic E-state index is -1.85. The van der Waals surface area contributed by atoms with Crippen LogP contribution in [0.2, 0.25) is 19.6 Å². The van der Waals surface area contributed by atoms with Crippen LogP contribution < -0.4 is 0 Å². The first-order chi connectivity index (χ1) is 12.5. The summed E-state index contributed by atoms with van der Waals surface area (Å²) < 4.78 is 6.87. The Bertz CT molecular complexity index is 794. The van der Waals surface area contributed by atoms with E-state index >= 15 is 0 Å². The highest BCUT2D eigenvalue weighted by Gasteiger charge is 2.37. The number of rotatable bonds is 6. The second-order valence-corrected chi connectivity index (χ2v) is 11.9. The van der Waals surface area contributed by atoms with E-state index in [2.05, 4.69) is 117 Å². The molecule has 0 unspecified atom stereocenters. The third-order valence-corrected chi connectivity index (χ3v) is 5.12. The van der Waals surface area contributed by atoms with Crippen LogP contribution in [0.4, 0.5) is 0 Å². The summed E-state index contributed by atoms with van der Waals surface area (Å²) in [6, 6.07) is 31.4. The monoisotopic (exact) mass is 358 g/mol. The van der Waals surface area contributed by atoms with Gasteiger partial charge in [0.05, 0.1) is 0 Å². The van der Waals surface area contributed by atoms with Crippen molar-refractivity contribution in [3.05, 3.63) is 114 Å². The molecule has 26 heavy (non-hydrogen) atoms. The second-order valence-electron chi connectivity index (χ2n) is 7.43. The largest absolute Gasteiger partial charge is 0.401 e. The molecular weight excluding hydrogens is 332 g/mol. The Balaban J connectivity index is 2.19. The van der Waals surface area contributed by atoms with E-state index in [0.717, 1.165) is 11.1 Å². The van der Waals surface area contributed by atoms with Gasteiger partial charge in [0.2, 0.25) is 0 Å². The molecule has 0 aliphatic heterocycles. The van der Waals surface area contributed by atoms with Crippen LogP contribution in [0.3, 0.4) is 0 Å². The minimum Gasteiger partial charge on any atom is -0.401 e. The Labute approximate surface area is 158 Å². The summed E-state index contributed by atoms with van der Waals surface area (Å²) in [5.74, 6) is 0. The molecule has 0 N–H and O–H groups in total. The summed E-state index contributed by atoms with van der Waals surface area (Å²) >= 11 is 0. The molecule has 0 saturated carbocycles. The van der Waals surface area contributed by atoms with Gasteiger partial charge in [-0.1, -0.05) is 97.1 Å². The van der Waals surface area contributed by atoms with Gasteiger partial charge in [-0.3, -0.25) is 0 Å². The van der Waals surface area contributed by atoms with Crippen LogP contribution in [0.5, 0.6) is 0 Å².